The van der Waals surface area contributed by atoms with E-state index in [4.69, 9.17) is 4.74 Å². The van der Waals surface area contributed by atoms with Gasteiger partial charge in [-0.05, 0) is 68.1 Å². The first-order chi connectivity index (χ1) is 20.4. The molecule has 2 aromatic heterocycles. The van der Waals surface area contributed by atoms with Crippen LogP contribution in [0.5, 0.6) is 11.5 Å². The highest BCUT2D eigenvalue weighted by atomic mass is 19.1. The van der Waals surface area contributed by atoms with Crippen LogP contribution in [0.15, 0.2) is 53.5 Å². The second-order valence-electron chi connectivity index (χ2n) is 10.4. The lowest BCUT2D eigenvalue weighted by molar-refractivity contribution is 0.0741. The first-order valence-electron chi connectivity index (χ1n) is 14.5. The average molecular weight is 574 g/mol. The molecular weight excluding hydrogens is 537 g/mol. The number of benzene rings is 2. The molecule has 1 saturated carbocycles. The molecule has 6 rings (SSSR count). The molecule has 1 aliphatic carbocycles. The number of aromatic nitrogens is 3. The Kier molecular flexibility index (Phi) is 8.70. The number of pyridine rings is 1. The van der Waals surface area contributed by atoms with Crippen molar-refractivity contribution in [2.24, 2.45) is 0 Å². The van der Waals surface area contributed by atoms with Gasteiger partial charge in [-0.3, -0.25) is 9.59 Å². The molecule has 0 radical (unpaired) electrons. The quantitative estimate of drug-likeness (QED) is 0.335. The summed E-state index contributed by atoms with van der Waals surface area (Å²) in [5.74, 6) is 0.598. The van der Waals surface area contributed by atoms with Crippen LogP contribution in [0.3, 0.4) is 0 Å². The van der Waals surface area contributed by atoms with Crippen molar-refractivity contribution in [2.75, 3.05) is 31.1 Å². The minimum atomic E-state index is -0.581. The van der Waals surface area contributed by atoms with Gasteiger partial charge in [0.05, 0.1) is 28.9 Å². The second-order valence-corrected chi connectivity index (χ2v) is 10.4. The van der Waals surface area contributed by atoms with Gasteiger partial charge in [-0.2, -0.15) is 5.10 Å². The maximum atomic E-state index is 14.9. The monoisotopic (exact) mass is 573 g/mol. The van der Waals surface area contributed by atoms with E-state index >= 15 is 0 Å². The normalized spacial score (nSPS) is 15.1. The smallest absolute Gasteiger partial charge is 0.272 e. The first kappa shape index (κ1) is 29.0. The molecule has 2 fully saturated rings. The van der Waals surface area contributed by atoms with Gasteiger partial charge in [0.2, 0.25) is 0 Å². The standard InChI is InChI=1S/C30H30FN5O4.C2H6/c1-18-26(40-21-3-2-4-21)9-7-22-28(18)25(33-34-29(22)38)16-19-5-8-24(31)23(15-19)30(39)36-13-11-35(12-14-36)27-10-6-20(37)17-32-27;1-2/h5-10,15,17,21,37H,2-4,11-14,16H2,1H3,(H,34,38);1-2H3. The van der Waals surface area contributed by atoms with E-state index in [0.29, 0.717) is 49.2 Å². The van der Waals surface area contributed by atoms with Gasteiger partial charge in [-0.15, -0.1) is 0 Å². The number of ether oxygens (including phenoxy) is 1. The number of hydrogen-bond acceptors (Lipinski definition) is 7. The lowest BCUT2D eigenvalue weighted by atomic mass is 9.95. The second kappa shape index (κ2) is 12.6. The number of nitrogens with zero attached hydrogens (tertiary/aromatic N) is 4. The van der Waals surface area contributed by atoms with Crippen LogP contribution in [0.1, 0.15) is 60.3 Å². The van der Waals surface area contributed by atoms with Crippen LogP contribution in [-0.2, 0) is 6.42 Å². The highest BCUT2D eigenvalue weighted by molar-refractivity contribution is 5.95. The summed E-state index contributed by atoms with van der Waals surface area (Å²) in [6.07, 6.45) is 5.08. The first-order valence-corrected chi connectivity index (χ1v) is 14.5. The van der Waals surface area contributed by atoms with E-state index < -0.39 is 5.82 Å². The third-order valence-corrected chi connectivity index (χ3v) is 7.84. The van der Waals surface area contributed by atoms with Crippen molar-refractivity contribution in [3.05, 3.63) is 87.2 Å². The number of aryl methyl sites for hydroxylation is 1. The Labute approximate surface area is 244 Å². The van der Waals surface area contributed by atoms with Gasteiger partial charge in [0.25, 0.3) is 11.5 Å². The minimum absolute atomic E-state index is 0.00756. The molecule has 2 aliphatic rings. The molecule has 0 spiro atoms. The van der Waals surface area contributed by atoms with Crippen LogP contribution < -0.4 is 15.2 Å². The number of fused-ring (bicyclic) bond motifs is 1. The van der Waals surface area contributed by atoms with Crippen LogP contribution in [-0.4, -0.2) is 63.4 Å². The van der Waals surface area contributed by atoms with Gasteiger partial charge in [0, 0.05) is 43.5 Å². The lowest BCUT2D eigenvalue weighted by Crippen LogP contribution is -2.49. The fourth-order valence-corrected chi connectivity index (χ4v) is 5.33. The molecule has 9 nitrogen and oxygen atoms in total. The number of rotatable bonds is 6. The molecular formula is C32H36FN5O4. The Bertz CT molecular complexity index is 1630. The van der Waals surface area contributed by atoms with Crippen molar-refractivity contribution >= 4 is 22.5 Å². The zero-order valence-corrected chi connectivity index (χ0v) is 24.2. The van der Waals surface area contributed by atoms with Crippen molar-refractivity contribution in [1.82, 2.24) is 20.1 Å². The molecule has 220 valence electrons. The van der Waals surface area contributed by atoms with E-state index in [1.807, 2.05) is 31.7 Å². The van der Waals surface area contributed by atoms with Gasteiger partial charge >= 0.3 is 0 Å². The van der Waals surface area contributed by atoms with Crippen molar-refractivity contribution in [3.8, 4) is 11.5 Å². The van der Waals surface area contributed by atoms with E-state index in [-0.39, 0.29) is 28.9 Å². The molecule has 42 heavy (non-hydrogen) atoms. The number of carbonyl (C=O) groups is 1. The summed E-state index contributed by atoms with van der Waals surface area (Å²) in [4.78, 5) is 33.8. The van der Waals surface area contributed by atoms with Gasteiger partial charge < -0.3 is 19.6 Å². The van der Waals surface area contributed by atoms with Crippen LogP contribution in [0.4, 0.5) is 10.2 Å². The summed E-state index contributed by atoms with van der Waals surface area (Å²) in [5.41, 5.74) is 1.91. The van der Waals surface area contributed by atoms with E-state index in [9.17, 15) is 19.1 Å². The van der Waals surface area contributed by atoms with Crippen LogP contribution >= 0.6 is 0 Å². The summed E-state index contributed by atoms with van der Waals surface area (Å²) < 4.78 is 21.1. The summed E-state index contributed by atoms with van der Waals surface area (Å²) in [6.45, 7) is 7.85. The Hall–Kier alpha value is -4.47. The van der Waals surface area contributed by atoms with Crippen LogP contribution in [0.25, 0.3) is 10.8 Å². The minimum Gasteiger partial charge on any atom is -0.506 e. The molecule has 4 aromatic rings. The number of carbonyl (C=O) groups excluding carboxylic acids is 1. The fourth-order valence-electron chi connectivity index (χ4n) is 5.33. The van der Waals surface area contributed by atoms with E-state index in [1.165, 1.54) is 12.3 Å². The number of piperazine rings is 1. The van der Waals surface area contributed by atoms with Crippen molar-refractivity contribution in [1.29, 1.82) is 0 Å². The van der Waals surface area contributed by atoms with E-state index in [2.05, 4.69) is 15.2 Å². The highest BCUT2D eigenvalue weighted by Gasteiger charge is 2.26. The molecule has 0 atom stereocenters. The third-order valence-electron chi connectivity index (χ3n) is 7.84. The van der Waals surface area contributed by atoms with Crippen molar-refractivity contribution in [2.45, 2.75) is 52.6 Å². The van der Waals surface area contributed by atoms with Gasteiger partial charge in [-0.25, -0.2) is 14.5 Å². The predicted molar refractivity (Wildman–Crippen MR) is 160 cm³/mol. The molecule has 1 aliphatic heterocycles. The highest BCUT2D eigenvalue weighted by Crippen LogP contribution is 2.32. The Balaban J connectivity index is 0.00000173. The van der Waals surface area contributed by atoms with E-state index in [0.717, 1.165) is 41.8 Å². The number of aromatic amines is 1. The summed E-state index contributed by atoms with van der Waals surface area (Å²) >= 11 is 0. The maximum Gasteiger partial charge on any atom is 0.272 e. The number of aromatic hydroxyl groups is 1. The Morgan fingerprint density at radius 1 is 1.10 bits per heavy atom. The van der Waals surface area contributed by atoms with Gasteiger partial charge in [-0.1, -0.05) is 19.9 Å². The number of hydrogen-bond donors (Lipinski definition) is 2. The molecule has 2 aromatic carbocycles. The zero-order valence-electron chi connectivity index (χ0n) is 24.2. The number of nitrogens with one attached hydrogen (secondary N) is 1. The van der Waals surface area contributed by atoms with Gasteiger partial charge in [0.1, 0.15) is 23.1 Å². The fraction of sp³-hybridized carbons (Fsp3) is 0.375. The topological polar surface area (TPSA) is 112 Å². The third kappa shape index (κ3) is 5.93. The van der Waals surface area contributed by atoms with Gasteiger partial charge in [0.15, 0.2) is 0 Å². The number of anilines is 1. The molecule has 1 saturated heterocycles. The SMILES string of the molecule is CC.Cc1c(OC2CCC2)ccc2c(=O)[nH]nc(Cc3ccc(F)c(C(=O)N4CCN(c5ccc(O)cn5)CC4)c3)c12. The number of halogens is 1. The van der Waals surface area contributed by atoms with E-state index in [1.54, 1.807) is 35.2 Å². The molecule has 0 bridgehead atoms. The Morgan fingerprint density at radius 2 is 1.86 bits per heavy atom. The summed E-state index contributed by atoms with van der Waals surface area (Å²) in [6, 6.07) is 11.4. The number of H-pyrrole nitrogens is 1. The molecule has 10 heteroatoms. The molecule has 3 heterocycles. The molecule has 2 N–H and O–H groups in total. The molecule has 0 unspecified atom stereocenters. The summed E-state index contributed by atoms with van der Waals surface area (Å²) in [5, 5.41) is 17.6. The van der Waals surface area contributed by atoms with Crippen LogP contribution in [0, 0.1) is 12.7 Å². The lowest BCUT2D eigenvalue weighted by Gasteiger charge is -2.35. The molecule has 1 amide bonds. The van der Waals surface area contributed by atoms with Crippen molar-refractivity contribution in [3.63, 3.8) is 0 Å². The van der Waals surface area contributed by atoms with Crippen LogP contribution in [0.2, 0.25) is 0 Å². The summed E-state index contributed by atoms with van der Waals surface area (Å²) in [7, 11) is 0. The Morgan fingerprint density at radius 3 is 2.52 bits per heavy atom. The number of amides is 1. The largest absolute Gasteiger partial charge is 0.506 e. The zero-order chi connectivity index (χ0) is 29.8. The maximum absolute atomic E-state index is 14.9. The predicted octanol–water partition coefficient (Wildman–Crippen LogP) is 4.98. The average Bonchev–Trinajstić information content (AvgIpc) is 2.99. The van der Waals surface area contributed by atoms with Crippen molar-refractivity contribution < 1.29 is 19.0 Å².